The summed E-state index contributed by atoms with van der Waals surface area (Å²) in [5, 5.41) is 0. The van der Waals surface area contributed by atoms with E-state index in [-0.39, 0.29) is 5.41 Å². The maximum atomic E-state index is 12.5. The number of aryl methyl sites for hydroxylation is 1. The Morgan fingerprint density at radius 2 is 1.61 bits per heavy atom. The quantitative estimate of drug-likeness (QED) is 0.847. The Hall–Kier alpha value is -1.93. The fourth-order valence-electron chi connectivity index (χ4n) is 3.65. The van der Waals surface area contributed by atoms with Crippen molar-refractivity contribution in [2.75, 3.05) is 13.1 Å². The number of hydrogen-bond acceptors (Lipinski definition) is 2. The van der Waals surface area contributed by atoms with Gasteiger partial charge in [0.1, 0.15) is 5.78 Å². The Morgan fingerprint density at radius 1 is 1.00 bits per heavy atom. The smallest absolute Gasteiger partial charge is 0.140 e. The molecule has 0 saturated carbocycles. The van der Waals surface area contributed by atoms with Gasteiger partial charge in [-0.05, 0) is 50.9 Å². The lowest BCUT2D eigenvalue weighted by atomic mass is 9.70. The van der Waals surface area contributed by atoms with Gasteiger partial charge in [-0.15, -0.1) is 0 Å². The Labute approximate surface area is 139 Å². The predicted octanol–water partition coefficient (Wildman–Crippen LogP) is 4.12. The average Bonchev–Trinajstić information content (AvgIpc) is 2.57. The lowest BCUT2D eigenvalue weighted by molar-refractivity contribution is -0.124. The largest absolute Gasteiger partial charge is 0.299 e. The lowest BCUT2D eigenvalue weighted by Crippen LogP contribution is -2.46. The second kappa shape index (κ2) is 6.67. The van der Waals surface area contributed by atoms with Crippen LogP contribution in [0.5, 0.6) is 0 Å². The Morgan fingerprint density at radius 3 is 2.17 bits per heavy atom. The molecule has 2 aromatic rings. The molecule has 23 heavy (non-hydrogen) atoms. The summed E-state index contributed by atoms with van der Waals surface area (Å²) in [6, 6.07) is 19.1. The molecular weight excluding hydrogens is 282 g/mol. The van der Waals surface area contributed by atoms with Gasteiger partial charge in [0.15, 0.2) is 0 Å². The SMILES string of the molecule is CC(=O)C1(c2ccc(C)cc2)CCN(Cc2ccccc2)CC1. The molecule has 1 heterocycles. The summed E-state index contributed by atoms with van der Waals surface area (Å²) in [6.45, 7) is 6.77. The van der Waals surface area contributed by atoms with Gasteiger partial charge in [0, 0.05) is 6.54 Å². The molecule has 2 heteroatoms. The van der Waals surface area contributed by atoms with Crippen LogP contribution in [0, 0.1) is 6.92 Å². The zero-order valence-electron chi connectivity index (χ0n) is 14.1. The third-order valence-electron chi connectivity index (χ3n) is 5.24. The second-order valence-electron chi connectivity index (χ2n) is 6.77. The van der Waals surface area contributed by atoms with E-state index in [0.29, 0.717) is 5.78 Å². The number of Topliss-reactive ketones (excluding diaryl/α,β-unsaturated/α-hetero) is 1. The number of piperidine rings is 1. The fraction of sp³-hybridized carbons (Fsp3) is 0.381. The number of rotatable bonds is 4. The number of hydrogen-bond donors (Lipinski definition) is 0. The molecule has 1 aliphatic rings. The molecule has 0 amide bonds. The van der Waals surface area contributed by atoms with Crippen LogP contribution in [0.15, 0.2) is 54.6 Å². The van der Waals surface area contributed by atoms with Crippen LogP contribution in [-0.2, 0) is 16.8 Å². The van der Waals surface area contributed by atoms with E-state index in [1.54, 1.807) is 6.92 Å². The molecule has 120 valence electrons. The molecular formula is C21H25NO. The van der Waals surface area contributed by atoms with Gasteiger partial charge in [-0.2, -0.15) is 0 Å². The van der Waals surface area contributed by atoms with Crippen LogP contribution in [-0.4, -0.2) is 23.8 Å². The van der Waals surface area contributed by atoms with Crippen LogP contribution in [0.4, 0.5) is 0 Å². The third-order valence-corrected chi connectivity index (χ3v) is 5.24. The zero-order valence-corrected chi connectivity index (χ0v) is 14.1. The van der Waals surface area contributed by atoms with Crippen molar-refractivity contribution >= 4 is 5.78 Å². The molecule has 3 rings (SSSR count). The summed E-state index contributed by atoms with van der Waals surface area (Å²) in [5.41, 5.74) is 3.49. The Kier molecular flexibility index (Phi) is 4.63. The first-order valence-corrected chi connectivity index (χ1v) is 8.45. The minimum Gasteiger partial charge on any atom is -0.299 e. The van der Waals surface area contributed by atoms with Gasteiger partial charge in [0.2, 0.25) is 0 Å². The normalized spacial score (nSPS) is 17.8. The highest BCUT2D eigenvalue weighted by molar-refractivity contribution is 5.88. The predicted molar refractivity (Wildman–Crippen MR) is 94.5 cm³/mol. The summed E-state index contributed by atoms with van der Waals surface area (Å²) in [7, 11) is 0. The molecule has 0 unspecified atom stereocenters. The van der Waals surface area contributed by atoms with Gasteiger partial charge in [-0.3, -0.25) is 9.69 Å². The van der Waals surface area contributed by atoms with Crippen molar-refractivity contribution < 1.29 is 4.79 Å². The summed E-state index contributed by atoms with van der Waals surface area (Å²) >= 11 is 0. The van der Waals surface area contributed by atoms with Crippen molar-refractivity contribution in [3.05, 3.63) is 71.3 Å². The van der Waals surface area contributed by atoms with E-state index < -0.39 is 0 Å². The monoisotopic (exact) mass is 307 g/mol. The summed E-state index contributed by atoms with van der Waals surface area (Å²) in [4.78, 5) is 14.9. The number of likely N-dealkylation sites (tertiary alicyclic amines) is 1. The molecule has 0 N–H and O–H groups in total. The van der Waals surface area contributed by atoms with Gasteiger partial charge >= 0.3 is 0 Å². The van der Waals surface area contributed by atoms with E-state index in [1.807, 2.05) is 0 Å². The van der Waals surface area contributed by atoms with Crippen molar-refractivity contribution in [2.45, 2.75) is 38.6 Å². The van der Waals surface area contributed by atoms with E-state index in [2.05, 4.69) is 66.4 Å². The molecule has 0 atom stereocenters. The fourth-order valence-corrected chi connectivity index (χ4v) is 3.65. The van der Waals surface area contributed by atoms with Crippen LogP contribution in [0.3, 0.4) is 0 Å². The van der Waals surface area contributed by atoms with E-state index in [0.717, 1.165) is 32.5 Å². The topological polar surface area (TPSA) is 20.3 Å². The molecule has 2 aromatic carbocycles. The number of ketones is 1. The van der Waals surface area contributed by atoms with Gasteiger partial charge in [-0.1, -0.05) is 60.2 Å². The summed E-state index contributed by atoms with van der Waals surface area (Å²) in [5.74, 6) is 0.306. The van der Waals surface area contributed by atoms with Crippen LogP contribution in [0.2, 0.25) is 0 Å². The minimum atomic E-state index is -0.291. The Balaban J connectivity index is 1.73. The molecule has 1 aliphatic heterocycles. The van der Waals surface area contributed by atoms with Gasteiger partial charge in [0.25, 0.3) is 0 Å². The summed E-state index contributed by atoms with van der Waals surface area (Å²) in [6.07, 6.45) is 1.83. The molecule has 1 saturated heterocycles. The highest BCUT2D eigenvalue weighted by Crippen LogP contribution is 2.37. The van der Waals surface area contributed by atoms with Crippen LogP contribution in [0.25, 0.3) is 0 Å². The zero-order chi connectivity index (χ0) is 16.3. The first-order chi connectivity index (χ1) is 11.1. The van der Waals surface area contributed by atoms with Crippen molar-refractivity contribution in [2.24, 2.45) is 0 Å². The van der Waals surface area contributed by atoms with Crippen LogP contribution < -0.4 is 0 Å². The Bertz CT molecular complexity index is 652. The van der Waals surface area contributed by atoms with E-state index in [9.17, 15) is 4.79 Å². The first-order valence-electron chi connectivity index (χ1n) is 8.45. The standard InChI is InChI=1S/C21H25NO/c1-17-8-10-20(11-9-17)21(18(2)23)12-14-22(15-13-21)16-19-6-4-3-5-7-19/h3-11H,12-16H2,1-2H3. The van der Waals surface area contributed by atoms with Crippen molar-refractivity contribution in [1.29, 1.82) is 0 Å². The number of carbonyl (C=O) groups excluding carboxylic acids is 1. The highest BCUT2D eigenvalue weighted by Gasteiger charge is 2.40. The van der Waals surface area contributed by atoms with Crippen LogP contribution >= 0.6 is 0 Å². The summed E-state index contributed by atoms with van der Waals surface area (Å²) < 4.78 is 0. The lowest BCUT2D eigenvalue weighted by Gasteiger charge is -2.40. The first kappa shape index (κ1) is 15.9. The van der Waals surface area contributed by atoms with Crippen molar-refractivity contribution in [3.8, 4) is 0 Å². The van der Waals surface area contributed by atoms with E-state index in [4.69, 9.17) is 0 Å². The number of benzene rings is 2. The third kappa shape index (κ3) is 3.37. The maximum absolute atomic E-state index is 12.5. The van der Waals surface area contributed by atoms with Crippen molar-refractivity contribution in [3.63, 3.8) is 0 Å². The number of nitrogens with zero attached hydrogens (tertiary/aromatic N) is 1. The minimum absolute atomic E-state index is 0.291. The highest BCUT2D eigenvalue weighted by atomic mass is 16.1. The van der Waals surface area contributed by atoms with Gasteiger partial charge in [0.05, 0.1) is 5.41 Å². The molecule has 0 bridgehead atoms. The maximum Gasteiger partial charge on any atom is 0.140 e. The molecule has 2 nitrogen and oxygen atoms in total. The van der Waals surface area contributed by atoms with Gasteiger partial charge in [-0.25, -0.2) is 0 Å². The molecule has 0 spiro atoms. The second-order valence-corrected chi connectivity index (χ2v) is 6.77. The van der Waals surface area contributed by atoms with Crippen molar-refractivity contribution in [1.82, 2.24) is 4.90 Å². The average molecular weight is 307 g/mol. The van der Waals surface area contributed by atoms with Gasteiger partial charge < -0.3 is 0 Å². The molecule has 1 fully saturated rings. The van der Waals surface area contributed by atoms with E-state index >= 15 is 0 Å². The molecule has 0 aromatic heterocycles. The number of carbonyl (C=O) groups is 1. The van der Waals surface area contributed by atoms with Crippen LogP contribution in [0.1, 0.15) is 36.5 Å². The van der Waals surface area contributed by atoms with E-state index in [1.165, 1.54) is 16.7 Å². The molecule has 0 aliphatic carbocycles. The molecule has 0 radical (unpaired) electrons.